The number of para-hydroxylation sites is 2. The number of benzene rings is 2. The Morgan fingerprint density at radius 1 is 0.895 bits per heavy atom. The number of halogens is 1. The Morgan fingerprint density at radius 3 is 2.16 bits per heavy atom. The summed E-state index contributed by atoms with van der Waals surface area (Å²) in [6.07, 6.45) is 0. The highest BCUT2D eigenvalue weighted by Gasteiger charge is 2.12. The van der Waals surface area contributed by atoms with Gasteiger partial charge in [0.05, 0.1) is 19.9 Å². The van der Waals surface area contributed by atoms with Crippen LogP contribution in [0.1, 0.15) is 0 Å². The number of hydrogen-bond donors (Lipinski definition) is 1. The normalized spacial score (nSPS) is 10.1. The lowest BCUT2D eigenvalue weighted by Crippen LogP contribution is -1.97. The molecule has 0 bridgehead atoms. The number of ether oxygens (including phenoxy) is 3. The van der Waals surface area contributed by atoms with E-state index in [1.165, 1.54) is 20.3 Å². The van der Waals surface area contributed by atoms with Crippen LogP contribution >= 0.6 is 0 Å². The van der Waals surface area contributed by atoms with Crippen LogP contribution in [0.15, 0.2) is 36.4 Å². The lowest BCUT2D eigenvalue weighted by atomic mass is 10.2. The van der Waals surface area contributed by atoms with Crippen molar-refractivity contribution in [3.8, 4) is 23.0 Å². The Kier molecular flexibility index (Phi) is 3.75. The third-order valence-corrected chi connectivity index (χ3v) is 2.57. The zero-order chi connectivity index (χ0) is 13.8. The Balaban J connectivity index is 2.38. The van der Waals surface area contributed by atoms with Crippen LogP contribution in [0.2, 0.25) is 0 Å². The molecule has 4 nitrogen and oxygen atoms in total. The third-order valence-electron chi connectivity index (χ3n) is 2.57. The van der Waals surface area contributed by atoms with Gasteiger partial charge in [0.25, 0.3) is 0 Å². The molecular weight excluding hydrogens is 249 g/mol. The standard InChI is InChI=1S/C14H14FNO3/c1-17-11-5-3-4-6-12(11)19-13-8-14(18-2)10(16)7-9(13)15/h3-8H,16H2,1-2H3. The maximum atomic E-state index is 13.8. The van der Waals surface area contributed by atoms with Crippen molar-refractivity contribution in [3.05, 3.63) is 42.2 Å². The molecule has 2 aromatic rings. The van der Waals surface area contributed by atoms with E-state index in [2.05, 4.69) is 0 Å². The lowest BCUT2D eigenvalue weighted by Gasteiger charge is -2.12. The van der Waals surface area contributed by atoms with Crippen LogP contribution in [0.5, 0.6) is 23.0 Å². The summed E-state index contributed by atoms with van der Waals surface area (Å²) in [6.45, 7) is 0. The molecule has 0 aliphatic rings. The first kappa shape index (κ1) is 13.0. The summed E-state index contributed by atoms with van der Waals surface area (Å²) in [5.74, 6) is 0.736. The van der Waals surface area contributed by atoms with Crippen LogP contribution < -0.4 is 19.9 Å². The molecule has 0 aromatic heterocycles. The van der Waals surface area contributed by atoms with Crippen LogP contribution in [-0.2, 0) is 0 Å². The number of anilines is 1. The predicted octanol–water partition coefficient (Wildman–Crippen LogP) is 3.22. The summed E-state index contributed by atoms with van der Waals surface area (Å²) >= 11 is 0. The van der Waals surface area contributed by atoms with Crippen molar-refractivity contribution in [3.63, 3.8) is 0 Å². The van der Waals surface area contributed by atoms with Gasteiger partial charge in [-0.05, 0) is 12.1 Å². The van der Waals surface area contributed by atoms with E-state index in [0.29, 0.717) is 17.2 Å². The molecule has 19 heavy (non-hydrogen) atoms. The number of hydrogen-bond acceptors (Lipinski definition) is 4. The number of rotatable bonds is 4. The molecule has 5 heteroatoms. The highest BCUT2D eigenvalue weighted by molar-refractivity contribution is 5.57. The first-order chi connectivity index (χ1) is 9.15. The molecule has 0 aliphatic carbocycles. The van der Waals surface area contributed by atoms with E-state index in [9.17, 15) is 4.39 Å². The summed E-state index contributed by atoms with van der Waals surface area (Å²) in [5.41, 5.74) is 5.82. The SMILES string of the molecule is COc1cc(Oc2ccccc2OC)c(F)cc1N. The number of methoxy groups -OCH3 is 2. The van der Waals surface area contributed by atoms with Crippen molar-refractivity contribution in [1.82, 2.24) is 0 Å². The monoisotopic (exact) mass is 263 g/mol. The van der Waals surface area contributed by atoms with Gasteiger partial charge < -0.3 is 19.9 Å². The summed E-state index contributed by atoms with van der Waals surface area (Å²) in [7, 11) is 2.97. The molecule has 0 radical (unpaired) electrons. The molecule has 0 atom stereocenters. The van der Waals surface area contributed by atoms with Gasteiger partial charge in [-0.25, -0.2) is 4.39 Å². The van der Waals surface area contributed by atoms with E-state index < -0.39 is 5.82 Å². The third kappa shape index (κ3) is 2.70. The van der Waals surface area contributed by atoms with E-state index in [1.807, 2.05) is 0 Å². The zero-order valence-corrected chi connectivity index (χ0v) is 10.6. The minimum absolute atomic E-state index is 0.0237. The van der Waals surface area contributed by atoms with Gasteiger partial charge in [0.2, 0.25) is 0 Å². The van der Waals surface area contributed by atoms with Gasteiger partial charge in [-0.15, -0.1) is 0 Å². The van der Waals surface area contributed by atoms with Crippen LogP contribution in [-0.4, -0.2) is 14.2 Å². The predicted molar refractivity (Wildman–Crippen MR) is 70.4 cm³/mol. The van der Waals surface area contributed by atoms with Gasteiger partial charge in [0, 0.05) is 12.1 Å². The van der Waals surface area contributed by atoms with Gasteiger partial charge in [0.15, 0.2) is 23.1 Å². The molecule has 2 N–H and O–H groups in total. The quantitative estimate of drug-likeness (QED) is 0.860. The van der Waals surface area contributed by atoms with Crippen molar-refractivity contribution < 1.29 is 18.6 Å². The molecule has 100 valence electrons. The topological polar surface area (TPSA) is 53.7 Å². The second-order valence-corrected chi connectivity index (χ2v) is 3.78. The fourth-order valence-corrected chi connectivity index (χ4v) is 1.63. The molecule has 0 saturated carbocycles. The second kappa shape index (κ2) is 5.48. The van der Waals surface area contributed by atoms with Crippen molar-refractivity contribution in [2.45, 2.75) is 0 Å². The Bertz CT molecular complexity index is 587. The fourth-order valence-electron chi connectivity index (χ4n) is 1.63. The maximum absolute atomic E-state index is 13.8. The second-order valence-electron chi connectivity index (χ2n) is 3.78. The minimum atomic E-state index is -0.566. The molecule has 2 aromatic carbocycles. The molecule has 0 heterocycles. The summed E-state index contributed by atoms with van der Waals surface area (Å²) in [6, 6.07) is 9.53. The average Bonchev–Trinajstić information content (AvgIpc) is 2.42. The van der Waals surface area contributed by atoms with E-state index in [4.69, 9.17) is 19.9 Å². The van der Waals surface area contributed by atoms with E-state index in [0.717, 1.165) is 6.07 Å². The molecule has 0 spiro atoms. The van der Waals surface area contributed by atoms with Crippen LogP contribution in [0, 0.1) is 5.82 Å². The molecule has 0 unspecified atom stereocenters. The Morgan fingerprint density at radius 2 is 1.53 bits per heavy atom. The fraction of sp³-hybridized carbons (Fsp3) is 0.143. The van der Waals surface area contributed by atoms with Crippen LogP contribution in [0.25, 0.3) is 0 Å². The van der Waals surface area contributed by atoms with Gasteiger partial charge in [0.1, 0.15) is 5.75 Å². The van der Waals surface area contributed by atoms with Crippen molar-refractivity contribution in [2.24, 2.45) is 0 Å². The summed E-state index contributed by atoms with van der Waals surface area (Å²) in [5, 5.41) is 0. The summed E-state index contributed by atoms with van der Waals surface area (Å²) < 4.78 is 29.4. The molecule has 0 aliphatic heterocycles. The zero-order valence-electron chi connectivity index (χ0n) is 10.6. The Hall–Kier alpha value is -2.43. The summed E-state index contributed by atoms with van der Waals surface area (Å²) in [4.78, 5) is 0. The van der Waals surface area contributed by atoms with Crippen molar-refractivity contribution >= 4 is 5.69 Å². The van der Waals surface area contributed by atoms with Crippen molar-refractivity contribution in [1.29, 1.82) is 0 Å². The van der Waals surface area contributed by atoms with E-state index in [-0.39, 0.29) is 11.4 Å². The highest BCUT2D eigenvalue weighted by atomic mass is 19.1. The molecule has 2 rings (SSSR count). The molecular formula is C14H14FNO3. The first-order valence-corrected chi connectivity index (χ1v) is 5.59. The minimum Gasteiger partial charge on any atom is -0.494 e. The van der Waals surface area contributed by atoms with Gasteiger partial charge in [-0.3, -0.25) is 0 Å². The number of nitrogens with two attached hydrogens (primary N) is 1. The average molecular weight is 263 g/mol. The van der Waals surface area contributed by atoms with E-state index in [1.54, 1.807) is 24.3 Å². The van der Waals surface area contributed by atoms with Crippen LogP contribution in [0.3, 0.4) is 0 Å². The first-order valence-electron chi connectivity index (χ1n) is 5.59. The highest BCUT2D eigenvalue weighted by Crippen LogP contribution is 2.36. The molecule has 0 amide bonds. The van der Waals surface area contributed by atoms with Gasteiger partial charge in [-0.1, -0.05) is 12.1 Å². The molecule has 0 fully saturated rings. The van der Waals surface area contributed by atoms with E-state index >= 15 is 0 Å². The smallest absolute Gasteiger partial charge is 0.169 e. The van der Waals surface area contributed by atoms with Gasteiger partial charge >= 0.3 is 0 Å². The van der Waals surface area contributed by atoms with Crippen LogP contribution in [0.4, 0.5) is 10.1 Å². The van der Waals surface area contributed by atoms with Gasteiger partial charge in [-0.2, -0.15) is 0 Å². The maximum Gasteiger partial charge on any atom is 0.169 e. The lowest BCUT2D eigenvalue weighted by molar-refractivity contribution is 0.367. The van der Waals surface area contributed by atoms with Crippen molar-refractivity contribution in [2.75, 3.05) is 20.0 Å². The molecule has 0 saturated heterocycles. The number of nitrogen functional groups attached to an aromatic ring is 1. The Labute approximate surface area is 110 Å². The largest absolute Gasteiger partial charge is 0.494 e.